The largest absolute Gasteiger partial charge is 0.370 e. The molecule has 0 fully saturated rings. The first kappa shape index (κ1) is 11.1. The highest BCUT2D eigenvalue weighted by Gasteiger charge is 2.08. The maximum Gasteiger partial charge on any atom is 0.226 e. The van der Waals surface area contributed by atoms with E-state index in [1.807, 2.05) is 0 Å². The summed E-state index contributed by atoms with van der Waals surface area (Å²) in [5, 5.41) is 5.86. The summed E-state index contributed by atoms with van der Waals surface area (Å²) in [7, 11) is 1.72. The molecule has 0 saturated carbocycles. The van der Waals surface area contributed by atoms with Gasteiger partial charge in [0.25, 0.3) is 0 Å². The Hall–Kier alpha value is -2.38. The second-order valence-corrected chi connectivity index (χ2v) is 3.39. The van der Waals surface area contributed by atoms with Crippen LogP contribution in [-0.2, 0) is 4.79 Å². The highest BCUT2D eigenvalue weighted by molar-refractivity contribution is 5.84. The number of carbonyl (C=O) groups is 1. The number of nitrogens with zero attached hydrogens (tertiary/aromatic N) is 3. The third-order valence-electron chi connectivity index (χ3n) is 2.17. The molecule has 8 heteroatoms. The second kappa shape index (κ2) is 4.64. The van der Waals surface area contributed by atoms with Gasteiger partial charge in [-0.25, -0.2) is 4.98 Å². The fourth-order valence-electron chi connectivity index (χ4n) is 1.38. The lowest BCUT2D eigenvalue weighted by Crippen LogP contribution is -2.16. The van der Waals surface area contributed by atoms with Gasteiger partial charge < -0.3 is 21.4 Å². The summed E-state index contributed by atoms with van der Waals surface area (Å²) in [6, 6.07) is 0. The van der Waals surface area contributed by atoms with Crippen molar-refractivity contribution in [1.82, 2.24) is 19.9 Å². The molecule has 0 atom stereocenters. The summed E-state index contributed by atoms with van der Waals surface area (Å²) in [6.07, 6.45) is 1.78. The number of fused-ring (bicyclic) bond motifs is 1. The lowest BCUT2D eigenvalue weighted by atomic mass is 10.4. The summed E-state index contributed by atoms with van der Waals surface area (Å²) in [6.45, 7) is 0.420. The van der Waals surface area contributed by atoms with Crippen LogP contribution in [0.2, 0.25) is 0 Å². The fraction of sp³-hybridized carbons (Fsp3) is 0.333. The van der Waals surface area contributed by atoms with E-state index < -0.39 is 0 Å². The van der Waals surface area contributed by atoms with Crippen molar-refractivity contribution in [2.75, 3.05) is 24.2 Å². The number of nitrogens with one attached hydrogen (secondary N) is 3. The quantitative estimate of drug-likeness (QED) is 0.563. The van der Waals surface area contributed by atoms with Gasteiger partial charge in [-0.1, -0.05) is 0 Å². The standard InChI is InChI=1S/C9H13N7O/c1-11-9-15-7(12-3-2-5(10)17)6-8(16-9)14-4-13-6/h4H,2-3H2,1H3,(H2,10,17)(H3,11,12,13,14,15,16). The average Bonchev–Trinajstić information content (AvgIpc) is 2.76. The number of anilines is 2. The number of hydrogen-bond donors (Lipinski definition) is 4. The number of H-pyrrole nitrogens is 1. The van der Waals surface area contributed by atoms with Crippen molar-refractivity contribution >= 4 is 28.8 Å². The Morgan fingerprint density at radius 2 is 2.35 bits per heavy atom. The highest BCUT2D eigenvalue weighted by atomic mass is 16.1. The number of aromatic nitrogens is 4. The van der Waals surface area contributed by atoms with E-state index in [4.69, 9.17) is 5.73 Å². The van der Waals surface area contributed by atoms with Gasteiger partial charge in [-0.15, -0.1) is 0 Å². The van der Waals surface area contributed by atoms with Crippen molar-refractivity contribution in [3.8, 4) is 0 Å². The van der Waals surface area contributed by atoms with Crippen molar-refractivity contribution in [2.24, 2.45) is 5.73 Å². The van der Waals surface area contributed by atoms with Crippen LogP contribution in [0.3, 0.4) is 0 Å². The molecule has 0 radical (unpaired) electrons. The molecule has 0 bridgehead atoms. The molecule has 17 heavy (non-hydrogen) atoms. The van der Waals surface area contributed by atoms with E-state index in [1.54, 1.807) is 7.05 Å². The molecule has 8 nitrogen and oxygen atoms in total. The molecule has 0 aliphatic heterocycles. The van der Waals surface area contributed by atoms with E-state index in [0.29, 0.717) is 29.5 Å². The topological polar surface area (TPSA) is 122 Å². The molecule has 2 aromatic heterocycles. The molecule has 0 aliphatic carbocycles. The number of nitrogens with two attached hydrogens (primary N) is 1. The summed E-state index contributed by atoms with van der Waals surface area (Å²) >= 11 is 0. The first-order valence-corrected chi connectivity index (χ1v) is 5.11. The number of aromatic amines is 1. The molecule has 0 unspecified atom stereocenters. The number of amides is 1. The van der Waals surface area contributed by atoms with Gasteiger partial charge in [0.2, 0.25) is 11.9 Å². The molecular weight excluding hydrogens is 222 g/mol. The van der Waals surface area contributed by atoms with E-state index in [9.17, 15) is 4.79 Å². The molecule has 5 N–H and O–H groups in total. The van der Waals surface area contributed by atoms with Gasteiger partial charge in [-0.2, -0.15) is 9.97 Å². The van der Waals surface area contributed by atoms with Gasteiger partial charge in [0, 0.05) is 20.0 Å². The number of carbonyl (C=O) groups excluding carboxylic acids is 1. The van der Waals surface area contributed by atoms with Crippen LogP contribution in [0.4, 0.5) is 11.8 Å². The predicted molar refractivity (Wildman–Crippen MR) is 63.5 cm³/mol. The van der Waals surface area contributed by atoms with Gasteiger partial charge >= 0.3 is 0 Å². The zero-order chi connectivity index (χ0) is 12.3. The van der Waals surface area contributed by atoms with E-state index in [2.05, 4.69) is 30.6 Å². The normalized spacial score (nSPS) is 10.4. The second-order valence-electron chi connectivity index (χ2n) is 3.39. The number of primary amides is 1. The summed E-state index contributed by atoms with van der Waals surface area (Å²) < 4.78 is 0. The van der Waals surface area contributed by atoms with Crippen molar-refractivity contribution in [1.29, 1.82) is 0 Å². The first-order valence-electron chi connectivity index (χ1n) is 5.11. The van der Waals surface area contributed by atoms with Crippen LogP contribution in [0.25, 0.3) is 11.2 Å². The minimum Gasteiger partial charge on any atom is -0.370 e. The van der Waals surface area contributed by atoms with Crippen molar-refractivity contribution < 1.29 is 4.79 Å². The molecule has 1 amide bonds. The molecule has 2 heterocycles. The first-order chi connectivity index (χ1) is 8.20. The predicted octanol–water partition coefficient (Wildman–Crippen LogP) is -0.318. The smallest absolute Gasteiger partial charge is 0.226 e. The highest BCUT2D eigenvalue weighted by Crippen LogP contribution is 2.17. The van der Waals surface area contributed by atoms with Gasteiger partial charge in [-0.3, -0.25) is 4.79 Å². The Morgan fingerprint density at radius 1 is 1.53 bits per heavy atom. The SMILES string of the molecule is CNc1nc(NCCC(N)=O)c2[nH]cnc2n1. The van der Waals surface area contributed by atoms with Crippen molar-refractivity contribution in [3.63, 3.8) is 0 Å². The van der Waals surface area contributed by atoms with Crippen molar-refractivity contribution in [3.05, 3.63) is 6.33 Å². The van der Waals surface area contributed by atoms with E-state index in [1.165, 1.54) is 6.33 Å². The number of imidazole rings is 1. The molecule has 0 spiro atoms. The molecule has 90 valence electrons. The zero-order valence-electron chi connectivity index (χ0n) is 9.32. The lowest BCUT2D eigenvalue weighted by Gasteiger charge is -2.06. The zero-order valence-corrected chi connectivity index (χ0v) is 9.32. The van der Waals surface area contributed by atoms with Gasteiger partial charge in [-0.05, 0) is 0 Å². The van der Waals surface area contributed by atoms with E-state index in [-0.39, 0.29) is 12.3 Å². The lowest BCUT2D eigenvalue weighted by molar-refractivity contribution is -0.117. The minimum absolute atomic E-state index is 0.245. The molecule has 2 aromatic rings. The summed E-state index contributed by atoms with van der Waals surface area (Å²) in [5.74, 6) is 0.700. The van der Waals surface area contributed by atoms with Crippen LogP contribution in [0, 0.1) is 0 Å². The van der Waals surface area contributed by atoms with Crippen LogP contribution in [0.5, 0.6) is 0 Å². The van der Waals surface area contributed by atoms with Crippen LogP contribution in [0.1, 0.15) is 6.42 Å². The molecule has 0 aromatic carbocycles. The van der Waals surface area contributed by atoms with E-state index in [0.717, 1.165) is 0 Å². The average molecular weight is 235 g/mol. The third kappa shape index (κ3) is 2.41. The van der Waals surface area contributed by atoms with Gasteiger partial charge in [0.15, 0.2) is 11.5 Å². The Bertz CT molecular complexity index is 535. The van der Waals surface area contributed by atoms with Crippen LogP contribution >= 0.6 is 0 Å². The van der Waals surface area contributed by atoms with Gasteiger partial charge in [0.05, 0.1) is 6.33 Å². The number of rotatable bonds is 5. The van der Waals surface area contributed by atoms with Crippen LogP contribution < -0.4 is 16.4 Å². The molecule has 2 rings (SSSR count). The van der Waals surface area contributed by atoms with Crippen LogP contribution in [-0.4, -0.2) is 39.4 Å². The van der Waals surface area contributed by atoms with Crippen LogP contribution in [0.15, 0.2) is 6.33 Å². The maximum absolute atomic E-state index is 10.6. The molecular formula is C9H13N7O. The summed E-state index contributed by atoms with van der Waals surface area (Å²) in [4.78, 5) is 26.0. The Balaban J connectivity index is 2.24. The molecule has 0 aliphatic rings. The molecule has 0 saturated heterocycles. The fourth-order valence-corrected chi connectivity index (χ4v) is 1.38. The van der Waals surface area contributed by atoms with E-state index >= 15 is 0 Å². The van der Waals surface area contributed by atoms with Crippen molar-refractivity contribution in [2.45, 2.75) is 6.42 Å². The minimum atomic E-state index is -0.360. The number of hydrogen-bond acceptors (Lipinski definition) is 6. The van der Waals surface area contributed by atoms with Gasteiger partial charge in [0.1, 0.15) is 5.52 Å². The Kier molecular flexibility index (Phi) is 3.03. The Labute approximate surface area is 97.0 Å². The maximum atomic E-state index is 10.6. The Morgan fingerprint density at radius 3 is 3.06 bits per heavy atom. The third-order valence-corrected chi connectivity index (χ3v) is 2.17. The summed E-state index contributed by atoms with van der Waals surface area (Å²) in [5.41, 5.74) is 6.32. The monoisotopic (exact) mass is 235 g/mol.